The molecule has 0 atom stereocenters. The summed E-state index contributed by atoms with van der Waals surface area (Å²) in [6.45, 7) is 5.02. The Bertz CT molecular complexity index is 1280. The highest BCUT2D eigenvalue weighted by atomic mass is 19.4. The first-order chi connectivity index (χ1) is 15.3. The van der Waals surface area contributed by atoms with E-state index in [1.165, 1.54) is 0 Å². The van der Waals surface area contributed by atoms with Crippen LogP contribution in [0, 0.1) is 0 Å². The molecule has 0 aromatic carbocycles. The maximum absolute atomic E-state index is 13.0. The lowest BCUT2D eigenvalue weighted by Crippen LogP contribution is -2.34. The van der Waals surface area contributed by atoms with Crippen molar-refractivity contribution in [3.8, 4) is 17.1 Å². The standard InChI is InChI=1S/C21H20F3N7O/c1-12(2)32-19-8-14-15(9-26-19)28-29-20(14)13-3-4-25-17(7-13)31-6-5-30-10-16(21(22,23)24)27-18(30)11-31/h3-4,7-10,12H,5-6,11H2,1-2H3,(H,28,29). The van der Waals surface area contributed by atoms with Crippen molar-refractivity contribution < 1.29 is 17.9 Å². The molecule has 0 saturated heterocycles. The molecular formula is C21H20F3N7O. The predicted octanol–water partition coefficient (Wildman–Crippen LogP) is 4.04. The lowest BCUT2D eigenvalue weighted by Gasteiger charge is -2.28. The number of pyridine rings is 2. The van der Waals surface area contributed by atoms with E-state index in [2.05, 4.69) is 25.1 Å². The number of rotatable bonds is 4. The highest BCUT2D eigenvalue weighted by Gasteiger charge is 2.35. The van der Waals surface area contributed by atoms with Crippen molar-refractivity contribution in [2.75, 3.05) is 11.4 Å². The van der Waals surface area contributed by atoms with Gasteiger partial charge in [-0.25, -0.2) is 15.0 Å². The van der Waals surface area contributed by atoms with Crippen molar-refractivity contribution in [2.24, 2.45) is 0 Å². The van der Waals surface area contributed by atoms with Crippen LogP contribution in [0.4, 0.5) is 19.0 Å². The zero-order valence-electron chi connectivity index (χ0n) is 17.4. The van der Waals surface area contributed by atoms with Gasteiger partial charge in [-0.2, -0.15) is 18.3 Å². The first kappa shape index (κ1) is 20.3. The van der Waals surface area contributed by atoms with Crippen LogP contribution in [0.5, 0.6) is 5.88 Å². The summed E-state index contributed by atoms with van der Waals surface area (Å²) in [5.74, 6) is 1.52. The van der Waals surface area contributed by atoms with E-state index in [0.29, 0.717) is 30.6 Å². The molecule has 0 spiro atoms. The van der Waals surface area contributed by atoms with Gasteiger partial charge in [0.05, 0.1) is 24.4 Å². The number of halogens is 3. The number of nitrogens with zero attached hydrogens (tertiary/aromatic N) is 6. The number of aromatic amines is 1. The first-order valence-electron chi connectivity index (χ1n) is 10.1. The van der Waals surface area contributed by atoms with Gasteiger partial charge in [-0.1, -0.05) is 0 Å². The summed E-state index contributed by atoms with van der Waals surface area (Å²) in [6.07, 6.45) is -0.0557. The molecule has 1 aliphatic rings. The van der Waals surface area contributed by atoms with Gasteiger partial charge < -0.3 is 14.2 Å². The minimum absolute atomic E-state index is 0.00708. The van der Waals surface area contributed by atoms with E-state index >= 15 is 0 Å². The Labute approximate surface area is 181 Å². The van der Waals surface area contributed by atoms with E-state index in [0.717, 1.165) is 28.4 Å². The summed E-state index contributed by atoms with van der Waals surface area (Å²) in [7, 11) is 0. The van der Waals surface area contributed by atoms with Crippen molar-refractivity contribution in [3.05, 3.63) is 48.3 Å². The van der Waals surface area contributed by atoms with Gasteiger partial charge in [0.1, 0.15) is 17.3 Å². The Kier molecular flexibility index (Phi) is 4.75. The van der Waals surface area contributed by atoms with Gasteiger partial charge in [0.2, 0.25) is 5.88 Å². The number of nitrogens with one attached hydrogen (secondary N) is 1. The molecule has 4 aromatic rings. The molecule has 8 nitrogen and oxygen atoms in total. The number of aromatic nitrogens is 6. The minimum Gasteiger partial charge on any atom is -0.475 e. The molecule has 0 amide bonds. The molecule has 4 aromatic heterocycles. The quantitative estimate of drug-likeness (QED) is 0.513. The first-order valence-corrected chi connectivity index (χ1v) is 10.1. The normalized spacial score (nSPS) is 14.2. The minimum atomic E-state index is -4.46. The number of ether oxygens (including phenoxy) is 1. The third-order valence-electron chi connectivity index (χ3n) is 5.21. The monoisotopic (exact) mass is 443 g/mol. The summed E-state index contributed by atoms with van der Waals surface area (Å²) >= 11 is 0. The van der Waals surface area contributed by atoms with Crippen molar-refractivity contribution in [2.45, 2.75) is 39.2 Å². The molecule has 0 saturated carbocycles. The van der Waals surface area contributed by atoms with Crippen LogP contribution in [-0.2, 0) is 19.3 Å². The topological polar surface area (TPSA) is 84.8 Å². The Morgan fingerprint density at radius 1 is 1.16 bits per heavy atom. The van der Waals surface area contributed by atoms with Gasteiger partial charge >= 0.3 is 6.18 Å². The van der Waals surface area contributed by atoms with Crippen molar-refractivity contribution in [1.82, 2.24) is 29.7 Å². The number of imidazole rings is 1. The fourth-order valence-electron chi connectivity index (χ4n) is 3.75. The lowest BCUT2D eigenvalue weighted by molar-refractivity contribution is -0.141. The predicted molar refractivity (Wildman–Crippen MR) is 111 cm³/mol. The van der Waals surface area contributed by atoms with Gasteiger partial charge in [0.15, 0.2) is 5.69 Å². The smallest absolute Gasteiger partial charge is 0.434 e. The molecule has 5 heterocycles. The van der Waals surface area contributed by atoms with E-state index in [-0.39, 0.29) is 12.6 Å². The summed E-state index contributed by atoms with van der Waals surface area (Å²) < 4.78 is 46.3. The summed E-state index contributed by atoms with van der Waals surface area (Å²) in [6, 6.07) is 5.56. The molecule has 166 valence electrons. The third-order valence-corrected chi connectivity index (χ3v) is 5.21. The van der Waals surface area contributed by atoms with Crippen LogP contribution >= 0.6 is 0 Å². The average Bonchev–Trinajstić information content (AvgIpc) is 3.37. The van der Waals surface area contributed by atoms with Gasteiger partial charge in [-0.15, -0.1) is 0 Å². The zero-order chi connectivity index (χ0) is 22.5. The van der Waals surface area contributed by atoms with Crippen LogP contribution in [-0.4, -0.2) is 42.4 Å². The highest BCUT2D eigenvalue weighted by molar-refractivity contribution is 5.93. The summed E-state index contributed by atoms with van der Waals surface area (Å²) in [5, 5.41) is 8.26. The highest BCUT2D eigenvalue weighted by Crippen LogP contribution is 2.32. The van der Waals surface area contributed by atoms with E-state index in [1.54, 1.807) is 17.0 Å². The van der Waals surface area contributed by atoms with Crippen LogP contribution in [0.3, 0.4) is 0 Å². The third kappa shape index (κ3) is 3.74. The van der Waals surface area contributed by atoms with Crippen molar-refractivity contribution in [3.63, 3.8) is 0 Å². The van der Waals surface area contributed by atoms with E-state index < -0.39 is 11.9 Å². The lowest BCUT2D eigenvalue weighted by atomic mass is 10.1. The molecule has 11 heteroatoms. The Balaban J connectivity index is 1.45. The molecule has 5 rings (SSSR count). The summed E-state index contributed by atoms with van der Waals surface area (Å²) in [5.41, 5.74) is 1.45. The number of alkyl halides is 3. The van der Waals surface area contributed by atoms with Crippen molar-refractivity contribution in [1.29, 1.82) is 0 Å². The zero-order valence-corrected chi connectivity index (χ0v) is 17.4. The van der Waals surface area contributed by atoms with E-state index in [1.807, 2.05) is 36.9 Å². The number of H-pyrrole nitrogens is 1. The molecule has 1 N–H and O–H groups in total. The second-order valence-corrected chi connectivity index (χ2v) is 7.86. The van der Waals surface area contributed by atoms with Crippen LogP contribution in [0.15, 0.2) is 36.8 Å². The maximum atomic E-state index is 13.0. The Hall–Kier alpha value is -3.63. The maximum Gasteiger partial charge on any atom is 0.434 e. The number of hydrogen-bond acceptors (Lipinski definition) is 6. The number of anilines is 1. The molecule has 0 bridgehead atoms. The fraction of sp³-hybridized carbons (Fsp3) is 0.333. The van der Waals surface area contributed by atoms with Gasteiger partial charge in [0.25, 0.3) is 0 Å². The fourth-order valence-corrected chi connectivity index (χ4v) is 3.75. The molecule has 0 unspecified atom stereocenters. The molecule has 0 fully saturated rings. The molecule has 1 aliphatic heterocycles. The molecule has 32 heavy (non-hydrogen) atoms. The average molecular weight is 443 g/mol. The Morgan fingerprint density at radius 3 is 2.78 bits per heavy atom. The molecule has 0 radical (unpaired) electrons. The van der Waals surface area contributed by atoms with Crippen LogP contribution in [0.2, 0.25) is 0 Å². The summed E-state index contributed by atoms with van der Waals surface area (Å²) in [4.78, 5) is 14.4. The number of fused-ring (bicyclic) bond motifs is 2. The van der Waals surface area contributed by atoms with Crippen LogP contribution in [0.25, 0.3) is 22.2 Å². The molecular weight excluding hydrogens is 423 g/mol. The van der Waals surface area contributed by atoms with Crippen molar-refractivity contribution >= 4 is 16.7 Å². The van der Waals surface area contributed by atoms with E-state index in [4.69, 9.17) is 4.74 Å². The number of hydrogen-bond donors (Lipinski definition) is 1. The van der Waals surface area contributed by atoms with Gasteiger partial charge in [-0.05, 0) is 26.0 Å². The van der Waals surface area contributed by atoms with Crippen LogP contribution in [0.1, 0.15) is 25.4 Å². The SMILES string of the molecule is CC(C)Oc1cc2c(-c3ccnc(N4CCn5cc(C(F)(F)F)nc5C4)c3)n[nH]c2cn1. The largest absolute Gasteiger partial charge is 0.475 e. The second-order valence-electron chi connectivity index (χ2n) is 7.86. The van der Waals surface area contributed by atoms with Crippen LogP contribution < -0.4 is 9.64 Å². The Morgan fingerprint density at radius 2 is 2.00 bits per heavy atom. The van der Waals surface area contributed by atoms with Gasteiger partial charge in [-0.3, -0.25) is 5.10 Å². The van der Waals surface area contributed by atoms with Gasteiger partial charge in [0, 0.05) is 42.5 Å². The van der Waals surface area contributed by atoms with E-state index in [9.17, 15) is 13.2 Å². The molecule has 0 aliphatic carbocycles. The second kappa shape index (κ2) is 7.50.